The van der Waals surface area contributed by atoms with Crippen LogP contribution >= 0.6 is 27.2 Å². The lowest BCUT2D eigenvalue weighted by Crippen LogP contribution is -2.24. The molecule has 0 spiro atoms. The van der Waals surface area contributed by atoms with Crippen molar-refractivity contribution in [1.29, 1.82) is 0 Å². The molecule has 10 aromatic carbocycles. The summed E-state index contributed by atoms with van der Waals surface area (Å²) in [7, 11) is -7.11. The van der Waals surface area contributed by atoms with Crippen molar-refractivity contribution < 1.29 is 4.57 Å². The van der Waals surface area contributed by atoms with Crippen LogP contribution in [0.3, 0.4) is 0 Å². The smallest absolute Gasteiger partial charge is 0.171 e. The third kappa shape index (κ3) is 7.49. The fourth-order valence-electron chi connectivity index (χ4n) is 10.8. The summed E-state index contributed by atoms with van der Waals surface area (Å²) in [6.07, 6.45) is 8.95. The molecule has 0 radical (unpaired) electrons. The molecule has 344 valence electrons. The Kier molecular flexibility index (Phi) is 11.9. The van der Waals surface area contributed by atoms with Crippen molar-refractivity contribution >= 4 is 64.9 Å². The number of rotatable bonds is 12. The second-order valence-electron chi connectivity index (χ2n) is 17.9. The molecule has 1 aromatic heterocycles. The highest BCUT2D eigenvalue weighted by Gasteiger charge is 2.37. The average Bonchev–Trinajstić information content (AvgIpc) is 3.79. The number of hydrogen-bond donors (Lipinski definition) is 0. The highest BCUT2D eigenvalue weighted by molar-refractivity contribution is 8.37. The Labute approximate surface area is 420 Å². The lowest BCUT2D eigenvalue weighted by molar-refractivity contribution is 0.592. The first kappa shape index (κ1) is 44.6. The molecule has 0 amide bonds. The number of allylic oxidation sites excluding steroid dienone is 4. The molecular weight excluding hydrogens is 918 g/mol. The molecule has 0 bridgehead atoms. The standard InChI is InChI=1S/C66H52NOPS2/c68-69(52-25-9-1-10-26-52,53-27-11-2-12-28-53)54-43-41-51(42-44-54)67-65-47-45-61(70(55-29-13-3-14-30-55,56-31-15-4-16-32-56)57-33-17-5-18-34-57)49-63(65)64-50-62(46-48-66(64)67)71(58-35-19-6-20-36-58,59-37-21-7-22-38-59)60-39-23-8-24-40-60/h1-23,25-39,41-50H,24,40H2. The van der Waals surface area contributed by atoms with Gasteiger partial charge in [-0.1, -0.05) is 170 Å². The van der Waals surface area contributed by atoms with Crippen molar-refractivity contribution in [2.45, 2.75) is 47.1 Å². The Morgan fingerprint density at radius 2 is 0.704 bits per heavy atom. The second kappa shape index (κ2) is 19.0. The van der Waals surface area contributed by atoms with Gasteiger partial charge in [0.25, 0.3) is 0 Å². The van der Waals surface area contributed by atoms with E-state index in [2.05, 4.69) is 235 Å². The molecule has 1 aliphatic carbocycles. The van der Waals surface area contributed by atoms with E-state index in [4.69, 9.17) is 0 Å². The van der Waals surface area contributed by atoms with Crippen LogP contribution in [-0.2, 0) is 4.57 Å². The lowest BCUT2D eigenvalue weighted by atomic mass is 10.1. The number of benzene rings is 10. The van der Waals surface area contributed by atoms with Gasteiger partial charge in [0.15, 0.2) is 7.14 Å². The van der Waals surface area contributed by atoms with E-state index in [1.807, 2.05) is 60.7 Å². The molecular formula is C66H52NOPS2. The van der Waals surface area contributed by atoms with Crippen LogP contribution in [0, 0.1) is 0 Å². The minimum Gasteiger partial charge on any atom is -0.309 e. The molecule has 0 atom stereocenters. The Morgan fingerprint density at radius 1 is 0.352 bits per heavy atom. The summed E-state index contributed by atoms with van der Waals surface area (Å²) in [5, 5.41) is 4.84. The predicted octanol–water partition coefficient (Wildman–Crippen LogP) is 17.3. The topological polar surface area (TPSA) is 22.0 Å². The Bertz CT molecular complexity index is 3570. The SMILES string of the molecule is O=P(c1ccccc1)(c1ccccc1)c1ccc(-n2c3ccc(S(C4=CC=CCC4)(c4ccccc4)c4ccccc4)cc3c3cc(S(c4ccccc4)(c4ccccc4)c4ccccc4)ccc32)cc1. The molecule has 1 aliphatic rings. The molecule has 11 aromatic rings. The van der Waals surface area contributed by atoms with Gasteiger partial charge in [0, 0.05) is 66.6 Å². The summed E-state index contributed by atoms with van der Waals surface area (Å²) in [5.41, 5.74) is 3.25. The summed E-state index contributed by atoms with van der Waals surface area (Å²) in [5.74, 6) is 0. The van der Waals surface area contributed by atoms with Crippen LogP contribution in [0.2, 0.25) is 0 Å². The molecule has 71 heavy (non-hydrogen) atoms. The lowest BCUT2D eigenvalue weighted by Gasteiger charge is -2.44. The largest absolute Gasteiger partial charge is 0.309 e. The van der Waals surface area contributed by atoms with Crippen LogP contribution in [0.5, 0.6) is 0 Å². The molecule has 5 heteroatoms. The molecule has 12 rings (SSSR count). The Balaban J connectivity index is 1.16. The van der Waals surface area contributed by atoms with Gasteiger partial charge in [0.2, 0.25) is 0 Å². The summed E-state index contributed by atoms with van der Waals surface area (Å²) < 4.78 is 18.0. The van der Waals surface area contributed by atoms with Gasteiger partial charge in [-0.05, 0) is 139 Å². The minimum atomic E-state index is -3.19. The Hall–Kier alpha value is -7.59. The third-order valence-electron chi connectivity index (χ3n) is 14.0. The summed E-state index contributed by atoms with van der Waals surface area (Å²) in [6.45, 7) is 0. The maximum atomic E-state index is 15.6. The van der Waals surface area contributed by atoms with E-state index < -0.39 is 27.2 Å². The fraction of sp³-hybridized carbons (Fsp3) is 0.0303. The van der Waals surface area contributed by atoms with E-state index in [-0.39, 0.29) is 0 Å². The second-order valence-corrected chi connectivity index (χ2v) is 26.9. The van der Waals surface area contributed by atoms with Crippen molar-refractivity contribution in [2.75, 3.05) is 0 Å². The highest BCUT2D eigenvalue weighted by Crippen LogP contribution is 2.76. The van der Waals surface area contributed by atoms with Crippen LogP contribution < -0.4 is 15.9 Å². The van der Waals surface area contributed by atoms with Gasteiger partial charge in [-0.15, -0.1) is 20.1 Å². The molecule has 1 heterocycles. The number of aromatic nitrogens is 1. The summed E-state index contributed by atoms with van der Waals surface area (Å²) in [4.78, 5) is 10.5. The number of nitrogens with zero attached hydrogens (tertiary/aromatic N) is 1. The molecule has 0 saturated carbocycles. The van der Waals surface area contributed by atoms with E-state index in [0.29, 0.717) is 0 Å². The summed E-state index contributed by atoms with van der Waals surface area (Å²) in [6, 6.07) is 98.8. The van der Waals surface area contributed by atoms with Gasteiger partial charge >= 0.3 is 0 Å². The number of fused-ring (bicyclic) bond motifs is 3. The first-order chi connectivity index (χ1) is 35.1. The Morgan fingerprint density at radius 3 is 1.08 bits per heavy atom. The molecule has 0 N–H and O–H groups in total. The van der Waals surface area contributed by atoms with Crippen molar-refractivity contribution in [3.8, 4) is 5.69 Å². The quantitative estimate of drug-likeness (QED) is 0.112. The van der Waals surface area contributed by atoms with Crippen LogP contribution in [0.15, 0.2) is 330 Å². The van der Waals surface area contributed by atoms with Crippen LogP contribution in [-0.4, -0.2) is 4.57 Å². The van der Waals surface area contributed by atoms with Crippen molar-refractivity contribution in [3.05, 3.63) is 296 Å². The van der Waals surface area contributed by atoms with Gasteiger partial charge in [-0.2, -0.15) is 0 Å². The normalized spacial score (nSPS) is 13.5. The maximum absolute atomic E-state index is 15.6. The van der Waals surface area contributed by atoms with E-state index in [1.165, 1.54) is 49.9 Å². The predicted molar refractivity (Wildman–Crippen MR) is 302 cm³/mol. The van der Waals surface area contributed by atoms with E-state index in [1.54, 1.807) is 0 Å². The van der Waals surface area contributed by atoms with E-state index in [9.17, 15) is 0 Å². The van der Waals surface area contributed by atoms with Crippen molar-refractivity contribution in [1.82, 2.24) is 4.57 Å². The average molecular weight is 970 g/mol. The maximum Gasteiger partial charge on any atom is 0.171 e. The first-order valence-electron chi connectivity index (χ1n) is 24.3. The molecule has 0 unspecified atom stereocenters. The summed E-state index contributed by atoms with van der Waals surface area (Å²) >= 11 is 0. The zero-order valence-corrected chi connectivity index (χ0v) is 41.8. The van der Waals surface area contributed by atoms with Gasteiger partial charge in [-0.3, -0.25) is 0 Å². The zero-order valence-electron chi connectivity index (χ0n) is 39.2. The monoisotopic (exact) mass is 969 g/mol. The van der Waals surface area contributed by atoms with E-state index in [0.717, 1.165) is 45.5 Å². The van der Waals surface area contributed by atoms with Crippen LogP contribution in [0.4, 0.5) is 0 Å². The molecule has 0 fully saturated rings. The molecule has 0 aliphatic heterocycles. The third-order valence-corrected chi connectivity index (χ3v) is 25.0. The zero-order chi connectivity index (χ0) is 47.7. The van der Waals surface area contributed by atoms with Gasteiger partial charge in [-0.25, -0.2) is 0 Å². The first-order valence-corrected chi connectivity index (χ1v) is 29.3. The number of hydrogen-bond acceptors (Lipinski definition) is 1. The van der Waals surface area contributed by atoms with Crippen LogP contribution in [0.1, 0.15) is 12.8 Å². The highest BCUT2D eigenvalue weighted by atomic mass is 32.3. The van der Waals surface area contributed by atoms with Crippen molar-refractivity contribution in [3.63, 3.8) is 0 Å². The van der Waals surface area contributed by atoms with Gasteiger partial charge < -0.3 is 9.13 Å². The van der Waals surface area contributed by atoms with Crippen LogP contribution in [0.25, 0.3) is 27.5 Å². The van der Waals surface area contributed by atoms with Gasteiger partial charge in [0.1, 0.15) is 0 Å². The van der Waals surface area contributed by atoms with Crippen molar-refractivity contribution in [2.24, 2.45) is 0 Å². The molecule has 0 saturated heterocycles. The molecule has 2 nitrogen and oxygen atoms in total. The van der Waals surface area contributed by atoms with E-state index >= 15 is 4.57 Å². The van der Waals surface area contributed by atoms with Gasteiger partial charge in [0.05, 0.1) is 11.0 Å². The minimum absolute atomic E-state index is 0.805. The fourth-order valence-corrected chi connectivity index (χ4v) is 21.5.